The van der Waals surface area contributed by atoms with Gasteiger partial charge in [0.1, 0.15) is 0 Å². The average Bonchev–Trinajstić information content (AvgIpc) is 3.22. The molecule has 4 rings (SSSR count). The van der Waals surface area contributed by atoms with Gasteiger partial charge in [-0.3, -0.25) is 9.69 Å². The number of rotatable bonds is 4. The van der Waals surface area contributed by atoms with Crippen molar-refractivity contribution in [1.29, 1.82) is 0 Å². The summed E-state index contributed by atoms with van der Waals surface area (Å²) in [5.74, 6) is 0.918. The molecule has 0 saturated carbocycles. The largest absolute Gasteiger partial charge is 0.492 e. The Labute approximate surface area is 172 Å². The molecule has 1 amide bonds. The van der Waals surface area contributed by atoms with E-state index in [1.54, 1.807) is 6.92 Å². The van der Waals surface area contributed by atoms with Crippen LogP contribution in [0.3, 0.4) is 0 Å². The number of aromatic hydroxyl groups is 1. The zero-order valence-electron chi connectivity index (χ0n) is 15.8. The summed E-state index contributed by atoms with van der Waals surface area (Å²) in [6.45, 7) is 6.33. The highest BCUT2D eigenvalue weighted by atomic mass is 35.5. The number of aryl methyl sites for hydroxylation is 1. The lowest BCUT2D eigenvalue weighted by molar-refractivity contribution is -0.130. The van der Waals surface area contributed by atoms with E-state index in [2.05, 4.69) is 15.0 Å². The molecule has 3 aromatic rings. The predicted octanol–water partition coefficient (Wildman–Crippen LogP) is 2.97. The number of halogens is 1. The first-order valence-corrected chi connectivity index (χ1v) is 10.5. The maximum atomic E-state index is 11.7. The van der Waals surface area contributed by atoms with Gasteiger partial charge in [-0.2, -0.15) is 4.52 Å². The quantitative estimate of drug-likeness (QED) is 0.703. The van der Waals surface area contributed by atoms with Crippen molar-refractivity contribution < 1.29 is 9.90 Å². The Hall–Kier alpha value is -2.16. The molecule has 9 heteroatoms. The average molecular weight is 420 g/mol. The third kappa shape index (κ3) is 3.47. The Kier molecular flexibility index (Phi) is 5.27. The lowest BCUT2D eigenvalue weighted by atomic mass is 10.0. The lowest BCUT2D eigenvalue weighted by Crippen LogP contribution is -2.49. The second-order valence-electron chi connectivity index (χ2n) is 6.87. The van der Waals surface area contributed by atoms with E-state index in [-0.39, 0.29) is 17.8 Å². The number of piperazine rings is 1. The summed E-state index contributed by atoms with van der Waals surface area (Å²) >= 11 is 7.70. The molecule has 0 aliphatic carbocycles. The van der Waals surface area contributed by atoms with E-state index < -0.39 is 0 Å². The molecule has 3 heterocycles. The Morgan fingerprint density at radius 1 is 1.32 bits per heavy atom. The molecule has 2 aromatic heterocycles. The fourth-order valence-corrected chi connectivity index (χ4v) is 4.95. The van der Waals surface area contributed by atoms with Crippen LogP contribution in [0, 0.1) is 0 Å². The van der Waals surface area contributed by atoms with Crippen LogP contribution < -0.4 is 0 Å². The Morgan fingerprint density at radius 2 is 2.07 bits per heavy atom. The summed E-state index contributed by atoms with van der Waals surface area (Å²) in [6, 6.07) is 7.52. The van der Waals surface area contributed by atoms with Gasteiger partial charge in [0.15, 0.2) is 5.82 Å². The SMILES string of the molecule is CCc1nc2sc([C@@H](c3cccc(Cl)c3)N3CCN(C(C)=O)CC3)c(O)n2n1. The Balaban J connectivity index is 1.74. The first kappa shape index (κ1) is 19.2. The van der Waals surface area contributed by atoms with Gasteiger partial charge in [0.25, 0.3) is 0 Å². The number of aromatic nitrogens is 3. The van der Waals surface area contributed by atoms with E-state index in [4.69, 9.17) is 11.6 Å². The molecule has 0 spiro atoms. The molecular weight excluding hydrogens is 398 g/mol. The molecule has 1 N–H and O–H groups in total. The number of carbonyl (C=O) groups excluding carboxylic acids is 1. The topological polar surface area (TPSA) is 74.0 Å². The molecule has 1 aromatic carbocycles. The number of hydrogen-bond acceptors (Lipinski definition) is 6. The first-order chi connectivity index (χ1) is 13.5. The molecule has 1 saturated heterocycles. The van der Waals surface area contributed by atoms with E-state index in [0.717, 1.165) is 10.4 Å². The van der Waals surface area contributed by atoms with Crippen LogP contribution in [0.5, 0.6) is 5.88 Å². The molecule has 0 unspecified atom stereocenters. The van der Waals surface area contributed by atoms with Crippen LogP contribution in [0.25, 0.3) is 4.96 Å². The molecule has 148 valence electrons. The third-order valence-corrected chi connectivity index (χ3v) is 6.40. The fraction of sp³-hybridized carbons (Fsp3) is 0.421. The van der Waals surface area contributed by atoms with Gasteiger partial charge < -0.3 is 10.0 Å². The van der Waals surface area contributed by atoms with E-state index in [9.17, 15) is 9.90 Å². The van der Waals surface area contributed by atoms with E-state index in [0.29, 0.717) is 48.4 Å². The second kappa shape index (κ2) is 7.69. The van der Waals surface area contributed by atoms with Crippen LogP contribution in [0.4, 0.5) is 0 Å². The number of thiazole rings is 1. The summed E-state index contributed by atoms with van der Waals surface area (Å²) in [5.41, 5.74) is 0.999. The van der Waals surface area contributed by atoms with Crippen molar-refractivity contribution in [3.63, 3.8) is 0 Å². The van der Waals surface area contributed by atoms with Crippen LogP contribution in [-0.2, 0) is 11.2 Å². The summed E-state index contributed by atoms with van der Waals surface area (Å²) in [7, 11) is 0. The minimum absolute atomic E-state index is 0.0905. The van der Waals surface area contributed by atoms with E-state index in [1.807, 2.05) is 36.1 Å². The normalized spacial score (nSPS) is 16.6. The molecular formula is C19H22ClN5O2S. The summed E-state index contributed by atoms with van der Waals surface area (Å²) in [4.78, 5) is 21.8. The zero-order valence-corrected chi connectivity index (χ0v) is 17.4. The van der Waals surface area contributed by atoms with Crippen molar-refractivity contribution in [2.75, 3.05) is 26.2 Å². The van der Waals surface area contributed by atoms with Gasteiger partial charge in [0.05, 0.1) is 10.9 Å². The van der Waals surface area contributed by atoms with Crippen molar-refractivity contribution in [2.45, 2.75) is 26.3 Å². The maximum Gasteiger partial charge on any atom is 0.230 e. The third-order valence-electron chi connectivity index (χ3n) is 5.10. The molecule has 7 nitrogen and oxygen atoms in total. The van der Waals surface area contributed by atoms with E-state index >= 15 is 0 Å². The van der Waals surface area contributed by atoms with Gasteiger partial charge in [-0.05, 0) is 17.7 Å². The van der Waals surface area contributed by atoms with Gasteiger partial charge in [-0.25, -0.2) is 4.98 Å². The number of amides is 1. The standard InChI is InChI=1S/C19H22ClN5O2S/c1-3-15-21-19-25(22-15)18(27)17(28-19)16(13-5-4-6-14(20)11-13)24-9-7-23(8-10-24)12(2)26/h4-6,11,16,27H,3,7-10H2,1-2H3/t16-/m1/s1. The summed E-state index contributed by atoms with van der Waals surface area (Å²) in [5, 5.41) is 16.0. The summed E-state index contributed by atoms with van der Waals surface area (Å²) in [6.07, 6.45) is 0.716. The molecule has 1 aliphatic heterocycles. The number of nitrogens with zero attached hydrogens (tertiary/aromatic N) is 5. The van der Waals surface area contributed by atoms with Crippen molar-refractivity contribution in [3.8, 4) is 5.88 Å². The molecule has 28 heavy (non-hydrogen) atoms. The van der Waals surface area contributed by atoms with Gasteiger partial charge in [0.2, 0.25) is 16.7 Å². The maximum absolute atomic E-state index is 11.7. The minimum Gasteiger partial charge on any atom is -0.492 e. The van der Waals surface area contributed by atoms with Crippen LogP contribution in [0.15, 0.2) is 24.3 Å². The number of hydrogen-bond donors (Lipinski definition) is 1. The highest BCUT2D eigenvalue weighted by molar-refractivity contribution is 7.17. The van der Waals surface area contributed by atoms with Gasteiger partial charge in [-0.15, -0.1) is 5.10 Å². The van der Waals surface area contributed by atoms with Gasteiger partial charge >= 0.3 is 0 Å². The highest BCUT2D eigenvalue weighted by Crippen LogP contribution is 2.40. The molecule has 1 atom stereocenters. The lowest BCUT2D eigenvalue weighted by Gasteiger charge is -2.38. The highest BCUT2D eigenvalue weighted by Gasteiger charge is 2.32. The van der Waals surface area contributed by atoms with E-state index in [1.165, 1.54) is 15.9 Å². The fourth-order valence-electron chi connectivity index (χ4n) is 3.62. The van der Waals surface area contributed by atoms with Gasteiger partial charge in [-0.1, -0.05) is 42.0 Å². The van der Waals surface area contributed by atoms with Crippen molar-refractivity contribution in [1.82, 2.24) is 24.4 Å². The van der Waals surface area contributed by atoms with Crippen LogP contribution in [-0.4, -0.2) is 61.6 Å². The first-order valence-electron chi connectivity index (χ1n) is 9.30. The minimum atomic E-state index is -0.175. The molecule has 1 aliphatic rings. The second-order valence-corrected chi connectivity index (χ2v) is 8.31. The monoisotopic (exact) mass is 419 g/mol. The van der Waals surface area contributed by atoms with Crippen molar-refractivity contribution >= 4 is 33.8 Å². The van der Waals surface area contributed by atoms with Crippen LogP contribution in [0.1, 0.15) is 36.2 Å². The van der Waals surface area contributed by atoms with Crippen molar-refractivity contribution in [3.05, 3.63) is 45.6 Å². The molecule has 1 fully saturated rings. The van der Waals surface area contributed by atoms with Crippen molar-refractivity contribution in [2.24, 2.45) is 0 Å². The predicted molar refractivity (Wildman–Crippen MR) is 109 cm³/mol. The van der Waals surface area contributed by atoms with Gasteiger partial charge in [0, 0.05) is 44.5 Å². The molecule has 0 bridgehead atoms. The number of benzene rings is 1. The Morgan fingerprint density at radius 3 is 2.68 bits per heavy atom. The zero-order chi connectivity index (χ0) is 19.8. The Bertz CT molecular complexity index is 1010. The number of fused-ring (bicyclic) bond motifs is 1. The summed E-state index contributed by atoms with van der Waals surface area (Å²) < 4.78 is 1.52. The van der Waals surface area contributed by atoms with Crippen LogP contribution in [0.2, 0.25) is 5.02 Å². The molecule has 0 radical (unpaired) electrons. The smallest absolute Gasteiger partial charge is 0.230 e. The van der Waals surface area contributed by atoms with Crippen LogP contribution >= 0.6 is 22.9 Å². The number of carbonyl (C=O) groups is 1.